The molecule has 2 rings (SSSR count). The Morgan fingerprint density at radius 3 is 2.29 bits per heavy atom. The molecule has 1 fully saturated rings. The monoisotopic (exact) mass is 312 g/mol. The van der Waals surface area contributed by atoms with Gasteiger partial charge in [-0.15, -0.1) is 12.4 Å². The minimum Gasteiger partial charge on any atom is -0.377 e. The smallest absolute Gasteiger partial charge is 0.227 e. The molecule has 118 valence electrons. The fraction of sp³-hybridized carbons (Fsp3) is 0.562. The van der Waals surface area contributed by atoms with Crippen molar-refractivity contribution >= 4 is 18.3 Å². The van der Waals surface area contributed by atoms with Crippen LogP contribution in [0.15, 0.2) is 30.3 Å². The Bertz CT molecular complexity index is 445. The minimum absolute atomic E-state index is 0. The van der Waals surface area contributed by atoms with Gasteiger partial charge in [0.2, 0.25) is 5.91 Å². The van der Waals surface area contributed by atoms with Crippen molar-refractivity contribution in [3.8, 4) is 0 Å². The van der Waals surface area contributed by atoms with Gasteiger partial charge in [-0.1, -0.05) is 37.3 Å². The van der Waals surface area contributed by atoms with Gasteiger partial charge < -0.3 is 15.4 Å². The summed E-state index contributed by atoms with van der Waals surface area (Å²) in [5.74, 6) is -0.120. The SMILES string of the molecule is CC(C(=O)N1C(C)COCC1C)C(N)c1ccccc1.Cl. The first kappa shape index (κ1) is 18.0. The van der Waals surface area contributed by atoms with E-state index in [9.17, 15) is 4.79 Å². The summed E-state index contributed by atoms with van der Waals surface area (Å²) in [6, 6.07) is 9.74. The molecule has 4 atom stereocenters. The first-order chi connectivity index (χ1) is 9.52. The number of hydrogen-bond donors (Lipinski definition) is 1. The molecule has 21 heavy (non-hydrogen) atoms. The van der Waals surface area contributed by atoms with Crippen LogP contribution >= 0.6 is 12.4 Å². The lowest BCUT2D eigenvalue weighted by molar-refractivity contribution is -0.148. The van der Waals surface area contributed by atoms with E-state index in [-0.39, 0.29) is 42.4 Å². The van der Waals surface area contributed by atoms with Gasteiger partial charge in [0.1, 0.15) is 0 Å². The average Bonchev–Trinajstić information content (AvgIpc) is 2.46. The quantitative estimate of drug-likeness (QED) is 0.932. The van der Waals surface area contributed by atoms with Crippen molar-refractivity contribution in [2.24, 2.45) is 11.7 Å². The number of ether oxygens (including phenoxy) is 1. The molecule has 0 radical (unpaired) electrons. The molecule has 0 aliphatic carbocycles. The van der Waals surface area contributed by atoms with Crippen LogP contribution in [0.5, 0.6) is 0 Å². The molecule has 0 spiro atoms. The van der Waals surface area contributed by atoms with Crippen LogP contribution in [-0.2, 0) is 9.53 Å². The van der Waals surface area contributed by atoms with Gasteiger partial charge in [-0.3, -0.25) is 4.79 Å². The van der Waals surface area contributed by atoms with Gasteiger partial charge in [0.15, 0.2) is 0 Å². The first-order valence-corrected chi connectivity index (χ1v) is 7.22. The third-order valence-electron chi connectivity index (χ3n) is 4.03. The van der Waals surface area contributed by atoms with E-state index in [1.165, 1.54) is 0 Å². The predicted molar refractivity (Wildman–Crippen MR) is 86.4 cm³/mol. The van der Waals surface area contributed by atoms with Crippen molar-refractivity contribution in [3.63, 3.8) is 0 Å². The second-order valence-corrected chi connectivity index (χ2v) is 5.71. The zero-order valence-electron chi connectivity index (χ0n) is 12.9. The predicted octanol–water partition coefficient (Wildman–Crippen LogP) is 2.38. The summed E-state index contributed by atoms with van der Waals surface area (Å²) >= 11 is 0. The molecule has 1 aromatic carbocycles. The maximum atomic E-state index is 12.7. The van der Waals surface area contributed by atoms with Crippen LogP contribution in [0.4, 0.5) is 0 Å². The summed E-state index contributed by atoms with van der Waals surface area (Å²) in [7, 11) is 0. The highest BCUT2D eigenvalue weighted by molar-refractivity contribution is 5.85. The lowest BCUT2D eigenvalue weighted by Gasteiger charge is -2.41. The normalized spacial score (nSPS) is 24.9. The fourth-order valence-corrected chi connectivity index (χ4v) is 2.79. The summed E-state index contributed by atoms with van der Waals surface area (Å²) in [6.45, 7) is 7.16. The number of carbonyl (C=O) groups is 1. The summed E-state index contributed by atoms with van der Waals surface area (Å²) in [4.78, 5) is 14.7. The van der Waals surface area contributed by atoms with E-state index < -0.39 is 0 Å². The van der Waals surface area contributed by atoms with Gasteiger partial charge in [0, 0.05) is 6.04 Å². The highest BCUT2D eigenvalue weighted by Gasteiger charge is 2.34. The maximum Gasteiger partial charge on any atom is 0.227 e. The largest absolute Gasteiger partial charge is 0.377 e. The van der Waals surface area contributed by atoms with Crippen LogP contribution in [0.1, 0.15) is 32.4 Å². The van der Waals surface area contributed by atoms with E-state index in [1.54, 1.807) is 0 Å². The standard InChI is InChI=1S/C16H24N2O2.ClH/c1-11-9-20-10-12(2)18(11)16(19)13(3)15(17)14-7-5-4-6-8-14;/h4-8,11-13,15H,9-10,17H2,1-3H3;1H. The van der Waals surface area contributed by atoms with Crippen LogP contribution < -0.4 is 5.73 Å². The Labute approximate surface area is 133 Å². The molecule has 1 aliphatic heterocycles. The lowest BCUT2D eigenvalue weighted by Crippen LogP contribution is -2.55. The molecule has 1 aliphatic rings. The molecule has 5 heteroatoms. The van der Waals surface area contributed by atoms with Crippen molar-refractivity contribution in [3.05, 3.63) is 35.9 Å². The van der Waals surface area contributed by atoms with Gasteiger partial charge >= 0.3 is 0 Å². The molecule has 2 N–H and O–H groups in total. The second-order valence-electron chi connectivity index (χ2n) is 5.71. The van der Waals surface area contributed by atoms with Gasteiger partial charge in [-0.25, -0.2) is 0 Å². The zero-order valence-corrected chi connectivity index (χ0v) is 13.7. The van der Waals surface area contributed by atoms with E-state index in [0.29, 0.717) is 13.2 Å². The number of morpholine rings is 1. The molecule has 0 saturated carbocycles. The Morgan fingerprint density at radius 1 is 1.24 bits per heavy atom. The van der Waals surface area contributed by atoms with E-state index in [4.69, 9.17) is 10.5 Å². The van der Waals surface area contributed by atoms with Crippen LogP contribution in [0.3, 0.4) is 0 Å². The van der Waals surface area contributed by atoms with Gasteiger partial charge in [0.25, 0.3) is 0 Å². The molecule has 4 unspecified atom stereocenters. The molecule has 1 amide bonds. The van der Waals surface area contributed by atoms with Gasteiger partial charge in [-0.2, -0.15) is 0 Å². The number of halogens is 1. The highest BCUT2D eigenvalue weighted by Crippen LogP contribution is 2.24. The zero-order chi connectivity index (χ0) is 14.7. The summed E-state index contributed by atoms with van der Waals surface area (Å²) in [5.41, 5.74) is 7.26. The summed E-state index contributed by atoms with van der Waals surface area (Å²) in [5, 5.41) is 0. The average molecular weight is 313 g/mol. The van der Waals surface area contributed by atoms with Crippen LogP contribution in [0.2, 0.25) is 0 Å². The number of hydrogen-bond acceptors (Lipinski definition) is 3. The van der Waals surface area contributed by atoms with E-state index in [0.717, 1.165) is 5.56 Å². The number of rotatable bonds is 3. The third kappa shape index (κ3) is 3.96. The molecule has 0 bridgehead atoms. The molecular weight excluding hydrogens is 288 g/mol. The number of carbonyl (C=O) groups excluding carboxylic acids is 1. The van der Waals surface area contributed by atoms with E-state index in [1.807, 2.05) is 56.0 Å². The first-order valence-electron chi connectivity index (χ1n) is 7.22. The van der Waals surface area contributed by atoms with Crippen LogP contribution in [-0.4, -0.2) is 36.1 Å². The number of nitrogens with zero attached hydrogens (tertiary/aromatic N) is 1. The van der Waals surface area contributed by atoms with Crippen molar-refractivity contribution in [2.45, 2.75) is 38.9 Å². The number of amides is 1. The molecule has 0 aromatic heterocycles. The molecule has 4 nitrogen and oxygen atoms in total. The van der Waals surface area contributed by atoms with E-state index in [2.05, 4.69) is 0 Å². The molecular formula is C16H25ClN2O2. The van der Waals surface area contributed by atoms with Crippen molar-refractivity contribution in [1.29, 1.82) is 0 Å². The molecule has 1 heterocycles. The Morgan fingerprint density at radius 2 is 1.76 bits per heavy atom. The Hall–Kier alpha value is -1.10. The Kier molecular flexibility index (Phi) is 6.65. The Balaban J connectivity index is 0.00000220. The van der Waals surface area contributed by atoms with Crippen molar-refractivity contribution < 1.29 is 9.53 Å². The van der Waals surface area contributed by atoms with Gasteiger partial charge in [0.05, 0.1) is 31.2 Å². The van der Waals surface area contributed by atoms with Crippen LogP contribution in [0.25, 0.3) is 0 Å². The highest BCUT2D eigenvalue weighted by atomic mass is 35.5. The fourth-order valence-electron chi connectivity index (χ4n) is 2.79. The molecule has 1 saturated heterocycles. The third-order valence-corrected chi connectivity index (χ3v) is 4.03. The lowest BCUT2D eigenvalue weighted by atomic mass is 9.93. The second kappa shape index (κ2) is 7.78. The summed E-state index contributed by atoms with van der Waals surface area (Å²) < 4.78 is 5.47. The van der Waals surface area contributed by atoms with E-state index >= 15 is 0 Å². The van der Waals surface area contributed by atoms with Gasteiger partial charge in [-0.05, 0) is 19.4 Å². The van der Waals surface area contributed by atoms with Crippen molar-refractivity contribution in [2.75, 3.05) is 13.2 Å². The maximum absolute atomic E-state index is 12.7. The summed E-state index contributed by atoms with van der Waals surface area (Å²) in [6.07, 6.45) is 0. The molecule has 1 aromatic rings. The van der Waals surface area contributed by atoms with Crippen LogP contribution in [0, 0.1) is 5.92 Å². The topological polar surface area (TPSA) is 55.6 Å². The number of nitrogens with two attached hydrogens (primary N) is 1. The minimum atomic E-state index is -0.272. The number of benzene rings is 1. The van der Waals surface area contributed by atoms with Crippen molar-refractivity contribution in [1.82, 2.24) is 4.90 Å².